The largest absolute Gasteiger partial charge is 0.446 e. The first-order valence-electron chi connectivity index (χ1n) is 15.6. The maximum Gasteiger partial charge on any atom is 0.411 e. The van der Waals surface area contributed by atoms with Gasteiger partial charge in [-0.15, -0.1) is 0 Å². The number of hydrogen-bond donors (Lipinski definition) is 2. The summed E-state index contributed by atoms with van der Waals surface area (Å²) in [5.74, 6) is -0.812. The number of likely N-dealkylation sites (tertiary alicyclic amines) is 2. The van der Waals surface area contributed by atoms with E-state index in [1.54, 1.807) is 18.0 Å². The fraction of sp³-hybridized carbons (Fsp3) is 0.429. The predicted molar refractivity (Wildman–Crippen MR) is 170 cm³/mol. The van der Waals surface area contributed by atoms with Crippen LogP contribution in [0.1, 0.15) is 48.0 Å². The lowest BCUT2D eigenvalue weighted by Crippen LogP contribution is -2.40. The molecular weight excluding hydrogens is 559 g/mol. The number of aliphatic hydroxyl groups excluding tert-OH is 1. The summed E-state index contributed by atoms with van der Waals surface area (Å²) >= 11 is 0. The number of anilines is 1. The highest BCUT2D eigenvalue weighted by atomic mass is 19.1. The number of piperidine rings is 2. The summed E-state index contributed by atoms with van der Waals surface area (Å²) in [5, 5.41) is 12.6. The van der Waals surface area contributed by atoms with Crippen molar-refractivity contribution < 1.29 is 23.8 Å². The van der Waals surface area contributed by atoms with Crippen LogP contribution in [0.15, 0.2) is 72.8 Å². The first-order chi connectivity index (χ1) is 21.4. The van der Waals surface area contributed by atoms with Crippen molar-refractivity contribution in [2.75, 3.05) is 51.6 Å². The normalized spacial score (nSPS) is 16.9. The number of nitrogens with one attached hydrogen (secondary N) is 1. The smallest absolute Gasteiger partial charge is 0.411 e. The number of amides is 2. The maximum atomic E-state index is 14.9. The van der Waals surface area contributed by atoms with Gasteiger partial charge in [-0.05, 0) is 68.0 Å². The van der Waals surface area contributed by atoms with E-state index >= 15 is 0 Å². The highest BCUT2D eigenvalue weighted by Gasteiger charge is 2.24. The molecule has 0 atom stereocenters. The molecule has 2 amide bonds. The van der Waals surface area contributed by atoms with Gasteiger partial charge in [0.15, 0.2) is 0 Å². The lowest BCUT2D eigenvalue weighted by molar-refractivity contribution is 0.0574. The first-order valence-corrected chi connectivity index (χ1v) is 15.6. The van der Waals surface area contributed by atoms with Crippen molar-refractivity contribution in [3.63, 3.8) is 0 Å². The zero-order valence-corrected chi connectivity index (χ0v) is 25.5. The molecule has 0 spiro atoms. The van der Waals surface area contributed by atoms with Gasteiger partial charge in [0, 0.05) is 51.9 Å². The molecule has 0 aliphatic carbocycles. The van der Waals surface area contributed by atoms with E-state index in [0.29, 0.717) is 13.1 Å². The molecule has 5 rings (SSSR count). The number of carbonyl (C=O) groups is 2. The van der Waals surface area contributed by atoms with Crippen LogP contribution < -0.4 is 5.32 Å². The van der Waals surface area contributed by atoms with Crippen molar-refractivity contribution in [1.82, 2.24) is 14.7 Å². The Morgan fingerprint density at radius 2 is 1.61 bits per heavy atom. The Kier molecular flexibility index (Phi) is 11.0. The monoisotopic (exact) mass is 602 g/mol. The van der Waals surface area contributed by atoms with E-state index in [9.17, 15) is 19.1 Å². The fourth-order valence-corrected chi connectivity index (χ4v) is 6.01. The number of halogens is 1. The third-order valence-electron chi connectivity index (χ3n) is 8.60. The van der Waals surface area contributed by atoms with Gasteiger partial charge >= 0.3 is 6.09 Å². The fourth-order valence-electron chi connectivity index (χ4n) is 6.01. The van der Waals surface area contributed by atoms with Gasteiger partial charge in [0.1, 0.15) is 11.9 Å². The summed E-state index contributed by atoms with van der Waals surface area (Å²) in [4.78, 5) is 31.7. The average molecular weight is 603 g/mol. The predicted octanol–water partition coefficient (Wildman–Crippen LogP) is 5.62. The second-order valence-electron chi connectivity index (χ2n) is 11.9. The van der Waals surface area contributed by atoms with Crippen LogP contribution in [0.2, 0.25) is 0 Å². The second-order valence-corrected chi connectivity index (χ2v) is 11.9. The minimum atomic E-state index is -0.494. The average Bonchev–Trinajstić information content (AvgIpc) is 3.03. The minimum absolute atomic E-state index is 0.0907. The quantitative estimate of drug-likeness (QED) is 0.313. The maximum absolute atomic E-state index is 14.9. The Balaban J connectivity index is 1.01. The van der Waals surface area contributed by atoms with Gasteiger partial charge in [-0.2, -0.15) is 0 Å². The molecule has 234 valence electrons. The van der Waals surface area contributed by atoms with E-state index in [2.05, 4.69) is 15.1 Å². The lowest BCUT2D eigenvalue weighted by atomic mass is 10.0. The Morgan fingerprint density at radius 3 is 2.34 bits per heavy atom. The lowest BCUT2D eigenvalue weighted by Gasteiger charge is -2.32. The van der Waals surface area contributed by atoms with Gasteiger partial charge in [-0.3, -0.25) is 15.0 Å². The van der Waals surface area contributed by atoms with Crippen molar-refractivity contribution in [3.8, 4) is 11.1 Å². The molecule has 2 aliphatic rings. The molecule has 3 aromatic carbocycles. The Bertz CT molecular complexity index is 1390. The summed E-state index contributed by atoms with van der Waals surface area (Å²) < 4.78 is 20.6. The van der Waals surface area contributed by atoms with Crippen molar-refractivity contribution in [1.29, 1.82) is 0 Å². The zero-order valence-electron chi connectivity index (χ0n) is 25.5. The summed E-state index contributed by atoms with van der Waals surface area (Å²) in [6.07, 6.45) is 2.90. The molecule has 44 heavy (non-hydrogen) atoms. The van der Waals surface area contributed by atoms with Gasteiger partial charge in [-0.25, -0.2) is 9.18 Å². The Hall–Kier alpha value is -3.79. The minimum Gasteiger partial charge on any atom is -0.446 e. The van der Waals surface area contributed by atoms with Crippen LogP contribution in [0, 0.1) is 5.82 Å². The number of hydrogen-bond acceptors (Lipinski definition) is 6. The molecule has 2 saturated heterocycles. The molecule has 0 aromatic heterocycles. The van der Waals surface area contributed by atoms with Crippen LogP contribution in [0.25, 0.3) is 11.1 Å². The molecule has 2 aliphatic heterocycles. The van der Waals surface area contributed by atoms with Crippen molar-refractivity contribution in [2.45, 2.75) is 50.9 Å². The summed E-state index contributed by atoms with van der Waals surface area (Å²) in [6, 6.07) is 22.5. The van der Waals surface area contributed by atoms with Gasteiger partial charge in [-0.1, -0.05) is 54.6 Å². The molecule has 0 bridgehead atoms. The Morgan fingerprint density at radius 1 is 0.932 bits per heavy atom. The molecular formula is C35H43FN4O4. The highest BCUT2D eigenvalue weighted by molar-refractivity contribution is 5.94. The van der Waals surface area contributed by atoms with Crippen LogP contribution in [-0.4, -0.2) is 90.3 Å². The van der Waals surface area contributed by atoms with Crippen LogP contribution in [0.3, 0.4) is 0 Å². The number of ether oxygens (including phenoxy) is 1. The van der Waals surface area contributed by atoms with Gasteiger partial charge in [0.25, 0.3) is 5.91 Å². The molecule has 3 aromatic rings. The van der Waals surface area contributed by atoms with E-state index in [1.807, 2.05) is 60.7 Å². The topological polar surface area (TPSA) is 85.4 Å². The molecule has 2 N–H and O–H groups in total. The molecule has 0 unspecified atom stereocenters. The van der Waals surface area contributed by atoms with Crippen molar-refractivity contribution in [2.24, 2.45) is 0 Å². The van der Waals surface area contributed by atoms with E-state index in [1.165, 1.54) is 6.07 Å². The highest BCUT2D eigenvalue weighted by Crippen LogP contribution is 2.28. The van der Waals surface area contributed by atoms with Crippen molar-refractivity contribution >= 4 is 17.7 Å². The van der Waals surface area contributed by atoms with E-state index in [-0.39, 0.29) is 23.7 Å². The van der Waals surface area contributed by atoms with Gasteiger partial charge in [0.2, 0.25) is 0 Å². The number of para-hydroxylation sites is 1. The van der Waals surface area contributed by atoms with Crippen LogP contribution in [0.5, 0.6) is 0 Å². The Labute approximate surface area is 259 Å². The van der Waals surface area contributed by atoms with Crippen LogP contribution in [-0.2, 0) is 11.3 Å². The second kappa shape index (κ2) is 15.3. The van der Waals surface area contributed by atoms with Crippen LogP contribution >= 0.6 is 0 Å². The molecule has 8 nitrogen and oxygen atoms in total. The van der Waals surface area contributed by atoms with E-state index < -0.39 is 11.9 Å². The van der Waals surface area contributed by atoms with Crippen molar-refractivity contribution in [3.05, 3.63) is 89.7 Å². The summed E-state index contributed by atoms with van der Waals surface area (Å²) in [5.41, 5.74) is 3.61. The number of carbonyl (C=O) groups excluding carboxylic acids is 2. The standard InChI is InChI=1S/C35H43FN4O4/c1-38(34(42)31-13-12-26(24-32(31)36)25-40-20-14-28(41)15-21-40)18-7-19-39-22-16-29(17-23-39)44-35(43)37-33-11-6-5-10-30(33)27-8-3-2-4-9-27/h2-6,8-13,24,28-29,41H,7,14-23,25H2,1H3,(H,37,43). The molecule has 2 heterocycles. The van der Waals surface area contributed by atoms with E-state index in [0.717, 1.165) is 87.2 Å². The van der Waals surface area contributed by atoms with E-state index in [4.69, 9.17) is 4.74 Å². The third-order valence-corrected chi connectivity index (χ3v) is 8.60. The molecule has 9 heteroatoms. The SMILES string of the molecule is CN(CCCN1CCC(OC(=O)Nc2ccccc2-c2ccccc2)CC1)C(=O)c1ccc(CN2CCC(O)CC2)cc1F. The molecule has 0 radical (unpaired) electrons. The number of rotatable bonds is 10. The molecule has 0 saturated carbocycles. The molecule has 2 fully saturated rings. The first kappa shape index (κ1) is 31.6. The number of nitrogens with zero attached hydrogens (tertiary/aromatic N) is 3. The van der Waals surface area contributed by atoms with Gasteiger partial charge in [0.05, 0.1) is 17.4 Å². The number of benzene rings is 3. The summed E-state index contributed by atoms with van der Waals surface area (Å²) in [6.45, 7) is 5.14. The summed E-state index contributed by atoms with van der Waals surface area (Å²) in [7, 11) is 1.71. The van der Waals surface area contributed by atoms with Crippen LogP contribution in [0.4, 0.5) is 14.9 Å². The zero-order chi connectivity index (χ0) is 30.9. The number of aliphatic hydroxyl groups is 1. The third kappa shape index (κ3) is 8.65. The van der Waals surface area contributed by atoms with Gasteiger partial charge < -0.3 is 19.6 Å².